The molecule has 1 saturated carbocycles. The first-order chi connectivity index (χ1) is 19.3. The first-order valence-electron chi connectivity index (χ1n) is 13.4. The molecule has 0 aliphatic heterocycles. The second-order valence-corrected chi connectivity index (χ2v) is 9.13. The molecule has 1 heterocycles. The van der Waals surface area contributed by atoms with Crippen molar-refractivity contribution in [2.45, 2.75) is 71.3 Å². The third kappa shape index (κ3) is 12.7. The molecule has 0 bridgehead atoms. The Labute approximate surface area is 236 Å². The number of nitrogens with one attached hydrogen (secondary N) is 2. The Kier molecular flexibility index (Phi) is 19.6. The highest BCUT2D eigenvalue weighted by Crippen LogP contribution is 2.25. The fraction of sp³-hybridized carbons (Fsp3) is 0.500. The van der Waals surface area contributed by atoms with E-state index in [9.17, 15) is 18.7 Å². The number of hydrogen-bond acceptors (Lipinski definition) is 7. The summed E-state index contributed by atoms with van der Waals surface area (Å²) in [5.74, 6) is -1.09. The fourth-order valence-corrected chi connectivity index (χ4v) is 4.03. The van der Waals surface area contributed by atoms with Crippen LogP contribution in [0.5, 0.6) is 11.5 Å². The number of carbonyl (C=O) groups is 2. The second kappa shape index (κ2) is 21.5. The molecule has 1 aromatic heterocycles. The minimum atomic E-state index is -1.01. The Balaban J connectivity index is 0.000000661. The maximum Gasteiger partial charge on any atom is 0.200 e. The topological polar surface area (TPSA) is 125 Å². The molecular weight excluding hydrogens is 520 g/mol. The number of benzene rings is 2. The first-order valence-corrected chi connectivity index (χ1v) is 13.4. The first kappa shape index (κ1) is 36.6. The fourth-order valence-electron chi connectivity index (χ4n) is 4.03. The number of aromatic nitrogens is 2. The largest absolute Gasteiger partial charge is 0.508 e. The van der Waals surface area contributed by atoms with Gasteiger partial charge < -0.3 is 34.8 Å². The van der Waals surface area contributed by atoms with E-state index in [1.807, 2.05) is 13.8 Å². The summed E-state index contributed by atoms with van der Waals surface area (Å²) in [6, 6.07) is 8.22. The summed E-state index contributed by atoms with van der Waals surface area (Å²) in [6.45, 7) is 6.40. The van der Waals surface area contributed by atoms with Crippen LogP contribution in [0.4, 0.5) is 8.78 Å². The number of carbonyl (C=O) groups excluding carboxylic acids is 2. The lowest BCUT2D eigenvalue weighted by atomic mass is 9.91. The van der Waals surface area contributed by atoms with Crippen molar-refractivity contribution in [1.82, 2.24) is 15.3 Å². The van der Waals surface area contributed by atoms with Crippen LogP contribution in [0.25, 0.3) is 11.0 Å². The molecule has 3 aromatic rings. The van der Waals surface area contributed by atoms with Gasteiger partial charge in [0.1, 0.15) is 24.6 Å². The van der Waals surface area contributed by atoms with Crippen LogP contribution in [-0.2, 0) is 16.0 Å². The standard InChI is InChI=1S/C15H12F2N2O2.C7H12O.C6H15N.CH4O.CH2O/c1-21-12-5-2-8(14(16)15(12)17)6-13-18-10-4-3-9(20)7-11(10)19-13;8-6-7-4-2-1-3-5-7;1-4-5-6(2)7-3;2*1-2/h2-5,7,20H,6H2,1H3,(H,18,19);6-7H,1-5H2;6-7H,4-5H2,1-3H3;2H,1H3;1H2. The highest BCUT2D eigenvalue weighted by molar-refractivity contribution is 5.76. The van der Waals surface area contributed by atoms with Gasteiger partial charge in [-0.25, -0.2) is 9.37 Å². The zero-order valence-electron chi connectivity index (χ0n) is 24.3. The number of fused-ring (bicyclic) bond motifs is 1. The Bertz CT molecular complexity index is 1100. The van der Waals surface area contributed by atoms with Crippen molar-refractivity contribution in [2.24, 2.45) is 5.92 Å². The normalized spacial score (nSPS) is 13.1. The number of phenolic OH excluding ortho intramolecular Hbond substituents is 1. The van der Waals surface area contributed by atoms with Gasteiger partial charge in [0.2, 0.25) is 5.82 Å². The maximum atomic E-state index is 13.9. The quantitative estimate of drug-likeness (QED) is 0.270. The molecule has 1 fully saturated rings. The Morgan fingerprint density at radius 3 is 2.30 bits per heavy atom. The SMILES string of the molecule is C=O.CCCC(C)NC.CO.COc1ccc(Cc2nc3ccc(O)cc3[nH]2)c(F)c1F.O=CC1CCCCC1. The van der Waals surface area contributed by atoms with Crippen molar-refractivity contribution < 1.29 is 33.3 Å². The lowest BCUT2D eigenvalue weighted by Crippen LogP contribution is -2.20. The molecule has 1 atom stereocenters. The smallest absolute Gasteiger partial charge is 0.200 e. The monoisotopic (exact) mass is 565 g/mol. The number of rotatable bonds is 7. The number of aldehydes is 1. The number of phenols is 1. The van der Waals surface area contributed by atoms with Gasteiger partial charge in [-0.05, 0) is 57.0 Å². The number of methoxy groups -OCH3 is 1. The average molecular weight is 566 g/mol. The van der Waals surface area contributed by atoms with Crippen molar-refractivity contribution in [1.29, 1.82) is 0 Å². The average Bonchev–Trinajstić information content (AvgIpc) is 3.40. The number of halogens is 2. The molecule has 4 rings (SSSR count). The molecule has 224 valence electrons. The molecule has 0 spiro atoms. The number of aliphatic hydroxyl groups excluding tert-OH is 1. The molecule has 1 unspecified atom stereocenters. The van der Waals surface area contributed by atoms with E-state index in [0.29, 0.717) is 28.8 Å². The van der Waals surface area contributed by atoms with Crippen molar-refractivity contribution in [3.05, 3.63) is 53.4 Å². The van der Waals surface area contributed by atoms with Crippen LogP contribution < -0.4 is 10.1 Å². The molecular formula is C30H45F2N3O5. The number of imidazole rings is 1. The van der Waals surface area contributed by atoms with Crippen LogP contribution >= 0.6 is 0 Å². The highest BCUT2D eigenvalue weighted by atomic mass is 19.2. The summed E-state index contributed by atoms with van der Waals surface area (Å²) in [5, 5.41) is 19.6. The summed E-state index contributed by atoms with van der Waals surface area (Å²) in [5.41, 5.74) is 1.47. The number of ether oxygens (including phenoxy) is 1. The van der Waals surface area contributed by atoms with Crippen LogP contribution in [0, 0.1) is 17.6 Å². The lowest BCUT2D eigenvalue weighted by molar-refractivity contribution is -0.111. The van der Waals surface area contributed by atoms with E-state index in [1.165, 1.54) is 63.5 Å². The van der Waals surface area contributed by atoms with Crippen molar-refractivity contribution >= 4 is 24.1 Å². The number of H-pyrrole nitrogens is 1. The number of aliphatic hydroxyl groups is 1. The third-order valence-electron chi connectivity index (χ3n) is 6.28. The van der Waals surface area contributed by atoms with Gasteiger partial charge in [-0.1, -0.05) is 38.7 Å². The summed E-state index contributed by atoms with van der Waals surface area (Å²) in [4.78, 5) is 25.4. The van der Waals surface area contributed by atoms with Crippen molar-refractivity contribution in [3.8, 4) is 11.5 Å². The highest BCUT2D eigenvalue weighted by Gasteiger charge is 2.15. The minimum Gasteiger partial charge on any atom is -0.508 e. The molecule has 10 heteroatoms. The second-order valence-electron chi connectivity index (χ2n) is 9.13. The third-order valence-corrected chi connectivity index (χ3v) is 6.28. The molecule has 0 amide bonds. The summed E-state index contributed by atoms with van der Waals surface area (Å²) >= 11 is 0. The van der Waals surface area contributed by atoms with Gasteiger partial charge in [-0.15, -0.1) is 0 Å². The molecule has 0 radical (unpaired) electrons. The Morgan fingerprint density at radius 1 is 1.15 bits per heavy atom. The Hall–Kier alpha value is -3.37. The predicted molar refractivity (Wildman–Crippen MR) is 155 cm³/mol. The summed E-state index contributed by atoms with van der Waals surface area (Å²) < 4.78 is 32.3. The van der Waals surface area contributed by atoms with Crippen LogP contribution in [0.3, 0.4) is 0 Å². The van der Waals surface area contributed by atoms with E-state index >= 15 is 0 Å². The molecule has 4 N–H and O–H groups in total. The van der Waals surface area contributed by atoms with Gasteiger partial charge in [0, 0.05) is 31.6 Å². The van der Waals surface area contributed by atoms with E-state index in [1.54, 1.807) is 6.07 Å². The number of aromatic hydroxyl groups is 1. The molecule has 8 nitrogen and oxygen atoms in total. The van der Waals surface area contributed by atoms with E-state index in [-0.39, 0.29) is 23.5 Å². The number of aromatic amines is 1. The zero-order chi connectivity index (χ0) is 30.5. The van der Waals surface area contributed by atoms with Crippen LogP contribution in [0.2, 0.25) is 0 Å². The molecule has 1 aliphatic carbocycles. The van der Waals surface area contributed by atoms with Crippen LogP contribution in [-0.4, -0.2) is 60.6 Å². The van der Waals surface area contributed by atoms with Gasteiger partial charge in [0.05, 0.1) is 18.1 Å². The zero-order valence-corrected chi connectivity index (χ0v) is 24.3. The summed E-state index contributed by atoms with van der Waals surface area (Å²) in [6.07, 6.45) is 9.95. The van der Waals surface area contributed by atoms with Crippen molar-refractivity contribution in [2.75, 3.05) is 21.3 Å². The van der Waals surface area contributed by atoms with Gasteiger partial charge in [-0.3, -0.25) is 0 Å². The summed E-state index contributed by atoms with van der Waals surface area (Å²) in [7, 11) is 4.28. The van der Waals surface area contributed by atoms with E-state index in [4.69, 9.17) is 14.6 Å². The van der Waals surface area contributed by atoms with Gasteiger partial charge in [-0.2, -0.15) is 4.39 Å². The molecule has 0 saturated heterocycles. The Morgan fingerprint density at radius 2 is 1.80 bits per heavy atom. The molecule has 40 heavy (non-hydrogen) atoms. The number of nitrogens with zero attached hydrogens (tertiary/aromatic N) is 1. The van der Waals surface area contributed by atoms with Gasteiger partial charge >= 0.3 is 0 Å². The van der Waals surface area contributed by atoms with E-state index < -0.39 is 11.6 Å². The molecule has 2 aromatic carbocycles. The predicted octanol–water partition coefficient (Wildman–Crippen LogP) is 5.73. The lowest BCUT2D eigenvalue weighted by Gasteiger charge is -2.14. The van der Waals surface area contributed by atoms with E-state index in [2.05, 4.69) is 29.1 Å². The van der Waals surface area contributed by atoms with Gasteiger partial charge in [0.25, 0.3) is 0 Å². The maximum absolute atomic E-state index is 13.9. The van der Waals surface area contributed by atoms with E-state index in [0.717, 1.165) is 26.2 Å². The number of hydrogen-bond donors (Lipinski definition) is 4. The van der Waals surface area contributed by atoms with Crippen LogP contribution in [0.15, 0.2) is 30.3 Å². The molecule has 1 aliphatic rings. The van der Waals surface area contributed by atoms with Crippen LogP contribution in [0.1, 0.15) is 70.2 Å². The van der Waals surface area contributed by atoms with Gasteiger partial charge in [0.15, 0.2) is 11.6 Å². The van der Waals surface area contributed by atoms with Crippen molar-refractivity contribution in [3.63, 3.8) is 0 Å². The minimum absolute atomic E-state index is 0.111.